The molecule has 206 valence electrons. The monoisotopic (exact) mass is 579 g/mol. The highest BCUT2D eigenvalue weighted by atomic mass is 35.5. The lowest BCUT2D eigenvalue weighted by Gasteiger charge is -2.14. The van der Waals surface area contributed by atoms with Crippen LogP contribution in [-0.2, 0) is 34.2 Å². The summed E-state index contributed by atoms with van der Waals surface area (Å²) < 4.78 is 33.8. The highest BCUT2D eigenvalue weighted by molar-refractivity contribution is 7.89. The number of aliphatic carboxylic acids is 1. The zero-order chi connectivity index (χ0) is 28.5. The molecule has 1 aromatic heterocycles. The van der Waals surface area contributed by atoms with Crippen molar-refractivity contribution < 1.29 is 27.9 Å². The van der Waals surface area contributed by atoms with Crippen LogP contribution in [0.3, 0.4) is 0 Å². The molecule has 0 aliphatic carbocycles. The number of amides is 1. The average molecular weight is 580 g/mol. The molecule has 0 bridgehead atoms. The average Bonchev–Trinajstić information content (AvgIpc) is 2.94. The van der Waals surface area contributed by atoms with Gasteiger partial charge >= 0.3 is 5.97 Å². The number of benzene rings is 3. The van der Waals surface area contributed by atoms with E-state index in [1.807, 2.05) is 12.1 Å². The smallest absolute Gasteiger partial charge is 0.307 e. The van der Waals surface area contributed by atoms with Gasteiger partial charge in [-0.1, -0.05) is 35.9 Å². The van der Waals surface area contributed by atoms with Crippen LogP contribution in [0, 0.1) is 0 Å². The summed E-state index contributed by atoms with van der Waals surface area (Å²) in [6.07, 6.45) is 3.13. The number of carbonyl (C=O) groups is 2. The fourth-order valence-corrected chi connectivity index (χ4v) is 4.89. The van der Waals surface area contributed by atoms with Gasteiger partial charge in [-0.3, -0.25) is 14.6 Å². The summed E-state index contributed by atoms with van der Waals surface area (Å²) in [5.41, 5.74) is 2.43. The zero-order valence-corrected chi connectivity index (χ0v) is 22.8. The van der Waals surface area contributed by atoms with Gasteiger partial charge in [-0.15, -0.1) is 0 Å². The summed E-state index contributed by atoms with van der Waals surface area (Å²) >= 11 is 5.90. The maximum atomic E-state index is 12.7. The maximum Gasteiger partial charge on any atom is 0.307 e. The van der Waals surface area contributed by atoms with Gasteiger partial charge in [-0.05, 0) is 72.1 Å². The molecular weight excluding hydrogens is 554 g/mol. The first kappa shape index (κ1) is 28.8. The Bertz CT molecular complexity index is 1580. The number of nitrogens with one attached hydrogen (secondary N) is 2. The van der Waals surface area contributed by atoms with Crippen LogP contribution in [0.5, 0.6) is 11.5 Å². The molecule has 11 heteroatoms. The molecule has 4 rings (SSSR count). The van der Waals surface area contributed by atoms with Crippen LogP contribution < -0.4 is 14.8 Å². The summed E-state index contributed by atoms with van der Waals surface area (Å²) in [4.78, 5) is 27.6. The van der Waals surface area contributed by atoms with Crippen molar-refractivity contribution in [3.05, 3.63) is 119 Å². The van der Waals surface area contributed by atoms with Gasteiger partial charge in [-0.25, -0.2) is 13.1 Å². The molecular formula is C29H26ClN3O6S. The number of sulfonamides is 1. The molecule has 9 nitrogen and oxygen atoms in total. The van der Waals surface area contributed by atoms with Gasteiger partial charge in [0, 0.05) is 41.6 Å². The minimum absolute atomic E-state index is 0.00110. The van der Waals surface area contributed by atoms with E-state index < -0.39 is 16.0 Å². The molecule has 1 amide bonds. The summed E-state index contributed by atoms with van der Waals surface area (Å²) in [6, 6.07) is 21.6. The van der Waals surface area contributed by atoms with Crippen LogP contribution in [0.4, 0.5) is 0 Å². The Morgan fingerprint density at radius 3 is 2.35 bits per heavy atom. The highest BCUT2D eigenvalue weighted by Gasteiger charge is 2.16. The molecule has 0 saturated heterocycles. The van der Waals surface area contributed by atoms with E-state index in [0.29, 0.717) is 46.2 Å². The number of carboxylic acids is 1. The normalized spacial score (nSPS) is 11.1. The second-order valence-electron chi connectivity index (χ2n) is 8.78. The van der Waals surface area contributed by atoms with E-state index in [9.17, 15) is 23.1 Å². The fraction of sp³-hybridized carbons (Fsp3) is 0.138. The van der Waals surface area contributed by atoms with Crippen molar-refractivity contribution in [2.24, 2.45) is 0 Å². The van der Waals surface area contributed by atoms with Crippen LogP contribution in [0.15, 0.2) is 96.2 Å². The predicted molar refractivity (Wildman–Crippen MR) is 150 cm³/mol. The number of hydrogen-bond donors (Lipinski definition) is 3. The van der Waals surface area contributed by atoms with Crippen molar-refractivity contribution >= 4 is 33.5 Å². The standard InChI is InChI=1S/C29H26ClN3O6S/c30-24-8-3-20(4-9-24)13-15-32-29(36)22-6-10-25(11-7-22)39-27-12-5-21(17-28(34)35)16-23(27)18-33-40(37,38)26-2-1-14-31-19-26/h1-12,14,16,19,33H,13,15,17-18H2,(H,32,36)(H,34,35). The molecule has 0 saturated carbocycles. The second-order valence-corrected chi connectivity index (χ2v) is 11.0. The van der Waals surface area contributed by atoms with E-state index >= 15 is 0 Å². The minimum Gasteiger partial charge on any atom is -0.481 e. The maximum absolute atomic E-state index is 12.7. The van der Waals surface area contributed by atoms with E-state index in [1.54, 1.807) is 54.6 Å². The molecule has 0 aliphatic heterocycles. The first-order chi connectivity index (χ1) is 19.2. The molecule has 0 unspecified atom stereocenters. The van der Waals surface area contributed by atoms with Crippen molar-refractivity contribution in [2.75, 3.05) is 6.54 Å². The third-order valence-electron chi connectivity index (χ3n) is 5.83. The van der Waals surface area contributed by atoms with E-state index in [-0.39, 0.29) is 23.8 Å². The van der Waals surface area contributed by atoms with E-state index in [4.69, 9.17) is 16.3 Å². The quantitative estimate of drug-likeness (QED) is 0.223. The van der Waals surface area contributed by atoms with Crippen LogP contribution in [0.2, 0.25) is 5.02 Å². The first-order valence-electron chi connectivity index (χ1n) is 12.2. The molecule has 3 N–H and O–H groups in total. The Morgan fingerprint density at radius 2 is 1.68 bits per heavy atom. The Morgan fingerprint density at radius 1 is 0.950 bits per heavy atom. The highest BCUT2D eigenvalue weighted by Crippen LogP contribution is 2.27. The third-order valence-corrected chi connectivity index (χ3v) is 7.47. The van der Waals surface area contributed by atoms with Gasteiger partial charge in [-0.2, -0.15) is 0 Å². The minimum atomic E-state index is -3.86. The van der Waals surface area contributed by atoms with Crippen molar-refractivity contribution in [2.45, 2.75) is 24.3 Å². The number of carbonyl (C=O) groups excluding carboxylic acids is 1. The van der Waals surface area contributed by atoms with Crippen molar-refractivity contribution in [1.29, 1.82) is 0 Å². The molecule has 1 heterocycles. The fourth-order valence-electron chi connectivity index (χ4n) is 3.79. The van der Waals surface area contributed by atoms with Gasteiger partial charge in [0.1, 0.15) is 16.4 Å². The lowest BCUT2D eigenvalue weighted by molar-refractivity contribution is -0.136. The molecule has 3 aromatic carbocycles. The molecule has 0 fully saturated rings. The van der Waals surface area contributed by atoms with E-state index in [0.717, 1.165) is 5.56 Å². The van der Waals surface area contributed by atoms with Crippen molar-refractivity contribution in [3.8, 4) is 11.5 Å². The van der Waals surface area contributed by atoms with E-state index in [2.05, 4.69) is 15.0 Å². The molecule has 0 radical (unpaired) electrons. The molecule has 0 aliphatic rings. The molecule has 0 spiro atoms. The van der Waals surface area contributed by atoms with Crippen LogP contribution in [0.1, 0.15) is 27.0 Å². The number of ether oxygens (including phenoxy) is 1. The predicted octanol–water partition coefficient (Wildman–Crippen LogP) is 4.61. The van der Waals surface area contributed by atoms with Gasteiger partial charge in [0.05, 0.1) is 6.42 Å². The summed E-state index contributed by atoms with van der Waals surface area (Å²) in [7, 11) is -3.86. The molecule has 4 aromatic rings. The van der Waals surface area contributed by atoms with Gasteiger partial charge in [0.15, 0.2) is 0 Å². The summed E-state index contributed by atoms with van der Waals surface area (Å²) in [5, 5.41) is 12.7. The number of nitrogens with zero attached hydrogens (tertiary/aromatic N) is 1. The van der Waals surface area contributed by atoms with Crippen molar-refractivity contribution in [3.63, 3.8) is 0 Å². The number of rotatable bonds is 12. The zero-order valence-electron chi connectivity index (χ0n) is 21.2. The van der Waals surface area contributed by atoms with Crippen LogP contribution in [-0.4, -0.2) is 36.9 Å². The van der Waals surface area contributed by atoms with E-state index in [1.165, 1.54) is 24.5 Å². The van der Waals surface area contributed by atoms with Gasteiger partial charge in [0.2, 0.25) is 10.0 Å². The Labute approximate surface area is 236 Å². The summed E-state index contributed by atoms with van der Waals surface area (Å²) in [6.45, 7) is 0.313. The van der Waals surface area contributed by atoms with Crippen molar-refractivity contribution in [1.82, 2.24) is 15.0 Å². The van der Waals surface area contributed by atoms with Crippen LogP contribution in [0.25, 0.3) is 0 Å². The number of carboxylic acid groups (broad SMARTS) is 1. The largest absolute Gasteiger partial charge is 0.481 e. The Hall–Kier alpha value is -4.25. The van der Waals surface area contributed by atoms with Crippen LogP contribution >= 0.6 is 11.6 Å². The molecule has 40 heavy (non-hydrogen) atoms. The lowest BCUT2D eigenvalue weighted by Crippen LogP contribution is -2.25. The topological polar surface area (TPSA) is 135 Å². The SMILES string of the molecule is O=C(O)Cc1ccc(Oc2ccc(C(=O)NCCc3ccc(Cl)cc3)cc2)c(CNS(=O)(=O)c2cccnc2)c1. The number of aromatic nitrogens is 1. The second kappa shape index (κ2) is 13.2. The summed E-state index contributed by atoms with van der Waals surface area (Å²) in [5.74, 6) is -0.495. The number of hydrogen-bond acceptors (Lipinski definition) is 6. The number of pyridine rings is 1. The Balaban J connectivity index is 1.43. The third kappa shape index (κ3) is 8.12. The van der Waals surface area contributed by atoms with Gasteiger partial charge < -0.3 is 15.2 Å². The Kier molecular flexibility index (Phi) is 9.49. The molecule has 0 atom stereocenters. The number of halogens is 1. The first-order valence-corrected chi connectivity index (χ1v) is 14.1. The lowest BCUT2D eigenvalue weighted by atomic mass is 10.1. The van der Waals surface area contributed by atoms with Gasteiger partial charge in [0.25, 0.3) is 5.91 Å².